The van der Waals surface area contributed by atoms with E-state index in [0.717, 1.165) is 50.3 Å². The van der Waals surface area contributed by atoms with Gasteiger partial charge in [0.25, 0.3) is 0 Å². The van der Waals surface area contributed by atoms with Gasteiger partial charge in [-0.3, -0.25) is 0 Å². The monoisotopic (exact) mass is 594 g/mol. The van der Waals surface area contributed by atoms with Crippen molar-refractivity contribution in [3.05, 3.63) is 70.8 Å². The third-order valence-corrected chi connectivity index (χ3v) is 8.52. The van der Waals surface area contributed by atoms with Crippen molar-refractivity contribution in [2.24, 2.45) is 0 Å². The fourth-order valence-electron chi connectivity index (χ4n) is 6.25. The highest BCUT2D eigenvalue weighted by Gasteiger charge is 2.29. The minimum atomic E-state index is -0.467. The Hall–Kier alpha value is -2.41. The minimum Gasteiger partial charge on any atom is -0.444 e. The number of ether oxygens (including phenoxy) is 1. The summed E-state index contributed by atoms with van der Waals surface area (Å²) in [5, 5.41) is 21.7. The van der Waals surface area contributed by atoms with E-state index in [4.69, 9.17) is 14.9 Å². The summed E-state index contributed by atoms with van der Waals surface area (Å²) >= 11 is 0. The van der Waals surface area contributed by atoms with Crippen molar-refractivity contribution in [3.8, 4) is 0 Å². The summed E-state index contributed by atoms with van der Waals surface area (Å²) in [5.41, 5.74) is 4.50. The van der Waals surface area contributed by atoms with Gasteiger partial charge in [-0.15, -0.1) is 0 Å². The summed E-state index contributed by atoms with van der Waals surface area (Å²) in [5.74, 6) is 0. The lowest BCUT2D eigenvalue weighted by Gasteiger charge is -2.35. The smallest absolute Gasteiger partial charge is 0.410 e. The molecule has 0 atom stereocenters. The number of hydrogen-bond donors (Lipinski definition) is 3. The SMILES string of the molecule is CC(C)(C)OC(=O)N(CCc1cccc(CCO)c1)C1CCCCC1.OCCc1cccc(CCNC2CCCCC2)c1. The summed E-state index contributed by atoms with van der Waals surface area (Å²) in [6.45, 7) is 7.92. The molecule has 0 bridgehead atoms. The molecule has 0 unspecified atom stereocenters. The highest BCUT2D eigenvalue weighted by Crippen LogP contribution is 2.25. The molecule has 2 aliphatic carbocycles. The van der Waals surface area contributed by atoms with Crippen LogP contribution in [-0.2, 0) is 30.4 Å². The van der Waals surface area contributed by atoms with Gasteiger partial charge in [0, 0.05) is 31.8 Å². The fourth-order valence-corrected chi connectivity index (χ4v) is 6.25. The first-order chi connectivity index (χ1) is 20.8. The van der Waals surface area contributed by atoms with E-state index >= 15 is 0 Å². The van der Waals surface area contributed by atoms with Gasteiger partial charge in [0.1, 0.15) is 5.60 Å². The van der Waals surface area contributed by atoms with E-state index < -0.39 is 5.60 Å². The Morgan fingerprint density at radius 1 is 0.767 bits per heavy atom. The first-order valence-electron chi connectivity index (χ1n) is 16.9. The maximum absolute atomic E-state index is 12.7. The molecule has 0 aliphatic heterocycles. The second-order valence-corrected chi connectivity index (χ2v) is 13.3. The van der Waals surface area contributed by atoms with Gasteiger partial charge in [-0.05, 0) is 101 Å². The van der Waals surface area contributed by atoms with Crippen molar-refractivity contribution in [2.75, 3.05) is 26.3 Å². The van der Waals surface area contributed by atoms with Gasteiger partial charge >= 0.3 is 6.09 Å². The Morgan fingerprint density at radius 3 is 1.77 bits per heavy atom. The predicted octanol–water partition coefficient (Wildman–Crippen LogP) is 7.02. The highest BCUT2D eigenvalue weighted by atomic mass is 16.6. The van der Waals surface area contributed by atoms with E-state index in [1.165, 1.54) is 68.1 Å². The number of nitrogens with zero attached hydrogens (tertiary/aromatic N) is 1. The second-order valence-electron chi connectivity index (χ2n) is 13.3. The van der Waals surface area contributed by atoms with Crippen LogP contribution in [0, 0.1) is 0 Å². The van der Waals surface area contributed by atoms with Crippen molar-refractivity contribution in [3.63, 3.8) is 0 Å². The highest BCUT2D eigenvalue weighted by molar-refractivity contribution is 5.68. The van der Waals surface area contributed by atoms with E-state index in [-0.39, 0.29) is 19.3 Å². The molecule has 0 saturated heterocycles. The van der Waals surface area contributed by atoms with Gasteiger partial charge in [-0.2, -0.15) is 0 Å². The van der Waals surface area contributed by atoms with E-state index in [9.17, 15) is 4.79 Å². The molecule has 2 aliphatic rings. The normalized spacial score (nSPS) is 16.3. The van der Waals surface area contributed by atoms with Crippen LogP contribution >= 0.6 is 0 Å². The maximum Gasteiger partial charge on any atom is 0.410 e. The molecule has 240 valence electrons. The molecule has 43 heavy (non-hydrogen) atoms. The topological polar surface area (TPSA) is 82.0 Å². The molecule has 0 heterocycles. The number of aliphatic hydroxyl groups is 2. The number of carbonyl (C=O) groups excluding carboxylic acids is 1. The fraction of sp³-hybridized carbons (Fsp3) is 0.649. The first-order valence-corrected chi connectivity index (χ1v) is 16.9. The number of rotatable bonds is 12. The van der Waals surface area contributed by atoms with Gasteiger partial charge in [-0.25, -0.2) is 4.79 Å². The number of amides is 1. The molecule has 0 aromatic heterocycles. The Labute approximate surface area is 261 Å². The molecule has 0 spiro atoms. The van der Waals surface area contributed by atoms with Crippen molar-refractivity contribution < 1.29 is 19.7 Å². The van der Waals surface area contributed by atoms with Gasteiger partial charge in [0.15, 0.2) is 0 Å². The molecular weight excluding hydrogens is 536 g/mol. The van der Waals surface area contributed by atoms with E-state index in [0.29, 0.717) is 19.0 Å². The summed E-state index contributed by atoms with van der Waals surface area (Å²) < 4.78 is 5.66. The lowest BCUT2D eigenvalue weighted by molar-refractivity contribution is 0.0124. The van der Waals surface area contributed by atoms with Crippen molar-refractivity contribution in [1.82, 2.24) is 10.2 Å². The van der Waals surface area contributed by atoms with Crippen molar-refractivity contribution in [2.45, 2.75) is 128 Å². The summed E-state index contributed by atoms with van der Waals surface area (Å²) in [6.07, 6.45) is 15.9. The van der Waals surface area contributed by atoms with Crippen LogP contribution in [0.2, 0.25) is 0 Å². The Bertz CT molecular complexity index is 1050. The van der Waals surface area contributed by atoms with Gasteiger partial charge < -0.3 is 25.2 Å². The number of nitrogens with one attached hydrogen (secondary N) is 1. The zero-order chi connectivity index (χ0) is 30.9. The van der Waals surface area contributed by atoms with Crippen molar-refractivity contribution in [1.29, 1.82) is 0 Å². The molecule has 3 N–H and O–H groups in total. The molecule has 0 radical (unpaired) electrons. The lowest BCUT2D eigenvalue weighted by Crippen LogP contribution is -2.45. The van der Waals surface area contributed by atoms with Crippen LogP contribution in [0.5, 0.6) is 0 Å². The maximum atomic E-state index is 12.7. The molecule has 6 nitrogen and oxygen atoms in total. The summed E-state index contributed by atoms with van der Waals surface area (Å²) in [7, 11) is 0. The van der Waals surface area contributed by atoms with E-state index in [1.807, 2.05) is 37.8 Å². The second kappa shape index (κ2) is 19.1. The molecule has 6 heteroatoms. The largest absolute Gasteiger partial charge is 0.444 e. The Balaban J connectivity index is 0.000000248. The van der Waals surface area contributed by atoms with Crippen LogP contribution < -0.4 is 5.32 Å². The summed E-state index contributed by atoms with van der Waals surface area (Å²) in [4.78, 5) is 14.7. The zero-order valence-corrected chi connectivity index (χ0v) is 27.2. The molecule has 4 rings (SSSR count). The lowest BCUT2D eigenvalue weighted by atomic mass is 9.94. The van der Waals surface area contributed by atoms with Crippen LogP contribution in [-0.4, -0.2) is 65.2 Å². The van der Waals surface area contributed by atoms with Gasteiger partial charge in [0.05, 0.1) is 0 Å². The third kappa shape index (κ3) is 13.8. The molecular formula is C37H58N2O4. The average molecular weight is 595 g/mol. The van der Waals surface area contributed by atoms with Crippen LogP contribution in [0.15, 0.2) is 48.5 Å². The number of carbonyl (C=O) groups is 1. The van der Waals surface area contributed by atoms with Crippen LogP contribution in [0.25, 0.3) is 0 Å². The van der Waals surface area contributed by atoms with Gasteiger partial charge in [0.2, 0.25) is 0 Å². The Kier molecular flexibility index (Phi) is 15.6. The molecule has 2 aromatic rings. The average Bonchev–Trinajstić information content (AvgIpc) is 2.99. The molecule has 2 aromatic carbocycles. The molecule has 2 saturated carbocycles. The minimum absolute atomic E-state index is 0.162. The third-order valence-electron chi connectivity index (χ3n) is 8.52. The zero-order valence-electron chi connectivity index (χ0n) is 27.2. The van der Waals surface area contributed by atoms with Crippen LogP contribution in [0.4, 0.5) is 4.79 Å². The number of hydrogen-bond acceptors (Lipinski definition) is 5. The van der Waals surface area contributed by atoms with E-state index in [1.54, 1.807) is 0 Å². The number of benzene rings is 2. The first kappa shape index (κ1) is 35.1. The van der Waals surface area contributed by atoms with E-state index in [2.05, 4.69) is 41.7 Å². The predicted molar refractivity (Wildman–Crippen MR) is 177 cm³/mol. The molecule has 2 fully saturated rings. The quantitative estimate of drug-likeness (QED) is 0.246. The Morgan fingerprint density at radius 2 is 1.26 bits per heavy atom. The van der Waals surface area contributed by atoms with Gasteiger partial charge in [-0.1, -0.05) is 87.1 Å². The summed E-state index contributed by atoms with van der Waals surface area (Å²) in [6, 6.07) is 17.9. The standard InChI is InChI=1S/C21H33NO3.C16H25NO/c1-21(2,3)25-20(24)22(19-10-5-4-6-11-19)14-12-17-8-7-9-18(16-17)13-15-23;18-12-10-15-6-4-5-14(13-15)9-11-17-16-7-2-1-3-8-16/h7-9,16,19,23H,4-6,10-15H2,1-3H3;4-6,13,16-18H,1-3,7-12H2. The number of aliphatic hydroxyl groups excluding tert-OH is 2. The van der Waals surface area contributed by atoms with Crippen LogP contribution in [0.1, 0.15) is 107 Å². The molecule has 1 amide bonds. The van der Waals surface area contributed by atoms with Crippen molar-refractivity contribution >= 4 is 6.09 Å². The van der Waals surface area contributed by atoms with Crippen LogP contribution in [0.3, 0.4) is 0 Å².